The van der Waals surface area contributed by atoms with Gasteiger partial charge in [0.25, 0.3) is 0 Å². The average molecular weight is 417 g/mol. The van der Waals surface area contributed by atoms with Crippen LogP contribution < -0.4 is 4.90 Å². The van der Waals surface area contributed by atoms with Crippen LogP contribution in [0.25, 0.3) is 11.1 Å². The van der Waals surface area contributed by atoms with Gasteiger partial charge >= 0.3 is 0 Å². The number of aromatic nitrogens is 2. The molecule has 29 heavy (non-hydrogen) atoms. The van der Waals surface area contributed by atoms with E-state index in [1.54, 1.807) is 25.1 Å². The van der Waals surface area contributed by atoms with Gasteiger partial charge < -0.3 is 4.90 Å². The van der Waals surface area contributed by atoms with E-state index in [2.05, 4.69) is 33.3 Å². The van der Waals surface area contributed by atoms with Crippen LogP contribution in [0.5, 0.6) is 0 Å². The van der Waals surface area contributed by atoms with Crippen molar-refractivity contribution in [3.05, 3.63) is 36.2 Å². The number of H-pyrrole nitrogens is 1. The Morgan fingerprint density at radius 2 is 1.90 bits per heavy atom. The Bertz CT molecular complexity index is 940. The molecule has 6 nitrogen and oxygen atoms in total. The van der Waals surface area contributed by atoms with Crippen LogP contribution in [0.4, 0.5) is 5.69 Å². The summed E-state index contributed by atoms with van der Waals surface area (Å²) in [6.45, 7) is 8.75. The number of rotatable bonds is 4. The summed E-state index contributed by atoms with van der Waals surface area (Å²) >= 11 is 0. The fraction of sp³-hybridized carbons (Fsp3) is 0.591. The molecule has 4 rings (SSSR count). The molecule has 2 aromatic rings. The van der Waals surface area contributed by atoms with Gasteiger partial charge in [-0.1, -0.05) is 6.07 Å². The molecule has 1 N–H and O–H groups in total. The van der Waals surface area contributed by atoms with E-state index < -0.39 is 14.8 Å². The minimum Gasteiger partial charge on any atom is -0.371 e. The number of fused-ring (bicyclic) bond motifs is 1. The fourth-order valence-corrected chi connectivity index (χ4v) is 5.95. The number of hydrogen-bond donors (Lipinski definition) is 1. The fourth-order valence-electron chi connectivity index (χ4n) is 4.48. The summed E-state index contributed by atoms with van der Waals surface area (Å²) in [4.78, 5) is 2.51. The number of sulfonamides is 1. The number of aromatic amines is 1. The molecule has 0 aliphatic carbocycles. The van der Waals surface area contributed by atoms with E-state index in [4.69, 9.17) is 0 Å². The standard InChI is InChI=1S/C22H32N4O2S/c1-22(2,3)29(27,28)26-11-8-17(9-12-26)16-25-10-4-5-19-13-18(6-7-21(19)25)20-14-23-24-15-20/h6-7,13-15,17H,4-5,8-12,16H2,1-3H3,(H,23,24). The molecule has 1 fully saturated rings. The van der Waals surface area contributed by atoms with Crippen molar-refractivity contribution in [1.82, 2.24) is 14.5 Å². The third kappa shape index (κ3) is 4.08. The SMILES string of the molecule is CC(C)(C)S(=O)(=O)N1CCC(CN2CCCc3cc(-c4cn[nH]c4)ccc32)CC1. The summed E-state index contributed by atoms with van der Waals surface area (Å²) in [7, 11) is -3.22. The number of hydrogen-bond acceptors (Lipinski definition) is 4. The molecule has 0 radical (unpaired) electrons. The van der Waals surface area contributed by atoms with Crippen LogP contribution in [0, 0.1) is 5.92 Å². The zero-order valence-corrected chi connectivity index (χ0v) is 18.5. The second-order valence-electron chi connectivity index (χ2n) is 9.34. The summed E-state index contributed by atoms with van der Waals surface area (Å²) in [5.41, 5.74) is 5.08. The molecular weight excluding hydrogens is 384 g/mol. The van der Waals surface area contributed by atoms with Gasteiger partial charge in [0, 0.05) is 43.6 Å². The van der Waals surface area contributed by atoms with Crippen LogP contribution in [0.15, 0.2) is 30.6 Å². The van der Waals surface area contributed by atoms with E-state index in [-0.39, 0.29) is 0 Å². The van der Waals surface area contributed by atoms with Gasteiger partial charge in [-0.3, -0.25) is 5.10 Å². The highest BCUT2D eigenvalue weighted by atomic mass is 32.2. The van der Waals surface area contributed by atoms with Crippen LogP contribution >= 0.6 is 0 Å². The molecule has 1 saturated heterocycles. The van der Waals surface area contributed by atoms with Gasteiger partial charge in [0.1, 0.15) is 0 Å². The number of anilines is 1. The highest BCUT2D eigenvalue weighted by molar-refractivity contribution is 7.90. The van der Waals surface area contributed by atoms with Crippen molar-refractivity contribution >= 4 is 15.7 Å². The van der Waals surface area contributed by atoms with Crippen LogP contribution in [0.1, 0.15) is 45.6 Å². The molecule has 0 saturated carbocycles. The van der Waals surface area contributed by atoms with Gasteiger partial charge in [-0.25, -0.2) is 12.7 Å². The van der Waals surface area contributed by atoms with Crippen molar-refractivity contribution in [3.8, 4) is 11.1 Å². The number of aryl methyl sites for hydroxylation is 1. The Hall–Kier alpha value is -1.86. The van der Waals surface area contributed by atoms with Crippen LogP contribution in [-0.4, -0.2) is 53.8 Å². The quantitative estimate of drug-likeness (QED) is 0.826. The molecule has 7 heteroatoms. The van der Waals surface area contributed by atoms with Gasteiger partial charge in [-0.15, -0.1) is 0 Å². The molecule has 0 bridgehead atoms. The third-order valence-corrected chi connectivity index (χ3v) is 8.88. The van der Waals surface area contributed by atoms with Crippen LogP contribution in [0.3, 0.4) is 0 Å². The summed E-state index contributed by atoms with van der Waals surface area (Å²) in [6.07, 6.45) is 7.95. The maximum atomic E-state index is 12.7. The first-order valence-corrected chi connectivity index (χ1v) is 12.1. The molecule has 1 aromatic carbocycles. The smallest absolute Gasteiger partial charge is 0.219 e. The lowest BCUT2D eigenvalue weighted by Gasteiger charge is -2.39. The van der Waals surface area contributed by atoms with Crippen LogP contribution in [-0.2, 0) is 16.4 Å². The lowest BCUT2D eigenvalue weighted by Crippen LogP contribution is -2.48. The second-order valence-corrected chi connectivity index (χ2v) is 12.0. The average Bonchev–Trinajstić information content (AvgIpc) is 3.22. The molecule has 0 atom stereocenters. The van der Waals surface area contributed by atoms with Crippen molar-refractivity contribution in [2.45, 2.75) is 51.2 Å². The maximum absolute atomic E-state index is 12.7. The van der Waals surface area contributed by atoms with Gasteiger partial charge in [-0.05, 0) is 75.6 Å². The topological polar surface area (TPSA) is 69.3 Å². The summed E-state index contributed by atoms with van der Waals surface area (Å²) < 4.78 is 26.4. The number of benzene rings is 1. The summed E-state index contributed by atoms with van der Waals surface area (Å²) in [5, 5.41) is 6.95. The van der Waals surface area contributed by atoms with E-state index in [0.29, 0.717) is 19.0 Å². The zero-order valence-electron chi connectivity index (χ0n) is 17.7. The second kappa shape index (κ2) is 7.76. The molecule has 3 heterocycles. The first-order chi connectivity index (χ1) is 13.8. The Morgan fingerprint density at radius 1 is 1.14 bits per heavy atom. The predicted octanol–water partition coefficient (Wildman–Crippen LogP) is 3.67. The minimum atomic E-state index is -3.22. The Kier molecular flexibility index (Phi) is 5.46. The van der Waals surface area contributed by atoms with E-state index in [0.717, 1.165) is 37.9 Å². The first-order valence-electron chi connectivity index (χ1n) is 10.6. The lowest BCUT2D eigenvalue weighted by atomic mass is 9.93. The number of nitrogens with one attached hydrogen (secondary N) is 1. The summed E-state index contributed by atoms with van der Waals surface area (Å²) in [6, 6.07) is 6.72. The third-order valence-electron chi connectivity index (χ3n) is 6.29. The maximum Gasteiger partial charge on any atom is 0.219 e. The molecule has 2 aliphatic heterocycles. The highest BCUT2D eigenvalue weighted by Gasteiger charge is 2.37. The monoisotopic (exact) mass is 416 g/mol. The van der Waals surface area contributed by atoms with Crippen molar-refractivity contribution < 1.29 is 8.42 Å². The van der Waals surface area contributed by atoms with Gasteiger partial charge in [0.05, 0.1) is 10.9 Å². The zero-order chi connectivity index (χ0) is 20.6. The lowest BCUT2D eigenvalue weighted by molar-refractivity contribution is 0.269. The molecule has 2 aliphatic rings. The van der Waals surface area contributed by atoms with Crippen LogP contribution in [0.2, 0.25) is 0 Å². The molecule has 158 valence electrons. The van der Waals surface area contributed by atoms with Gasteiger partial charge in [-0.2, -0.15) is 5.10 Å². The van der Waals surface area contributed by atoms with E-state index >= 15 is 0 Å². The molecule has 0 unspecified atom stereocenters. The molecule has 1 aromatic heterocycles. The minimum absolute atomic E-state index is 0.543. The van der Waals surface area contributed by atoms with E-state index in [1.165, 1.54) is 23.2 Å². The van der Waals surface area contributed by atoms with Crippen molar-refractivity contribution in [3.63, 3.8) is 0 Å². The van der Waals surface area contributed by atoms with E-state index in [1.807, 2.05) is 12.4 Å². The number of piperidine rings is 1. The Labute approximate surface area is 174 Å². The highest BCUT2D eigenvalue weighted by Crippen LogP contribution is 2.33. The molecular formula is C22H32N4O2S. The predicted molar refractivity (Wildman–Crippen MR) is 118 cm³/mol. The number of nitrogens with zero attached hydrogens (tertiary/aromatic N) is 3. The van der Waals surface area contributed by atoms with Gasteiger partial charge in [0.15, 0.2) is 0 Å². The normalized spacial score (nSPS) is 19.3. The first kappa shape index (κ1) is 20.4. The Balaban J connectivity index is 1.42. The van der Waals surface area contributed by atoms with Crippen molar-refractivity contribution in [1.29, 1.82) is 0 Å². The summed E-state index contributed by atoms with van der Waals surface area (Å²) in [5.74, 6) is 0.543. The Morgan fingerprint density at radius 3 is 2.55 bits per heavy atom. The van der Waals surface area contributed by atoms with Gasteiger partial charge in [0.2, 0.25) is 10.0 Å². The van der Waals surface area contributed by atoms with Crippen molar-refractivity contribution in [2.24, 2.45) is 5.92 Å². The molecule has 0 spiro atoms. The van der Waals surface area contributed by atoms with E-state index in [9.17, 15) is 8.42 Å². The largest absolute Gasteiger partial charge is 0.371 e. The molecule has 0 amide bonds. The van der Waals surface area contributed by atoms with Crippen molar-refractivity contribution in [2.75, 3.05) is 31.1 Å².